The zero-order valence-corrected chi connectivity index (χ0v) is 41.1. The number of rotatable bonds is 45. The molecule has 0 spiro atoms. The second-order valence-corrected chi connectivity index (χ2v) is 16.3. The maximum Gasteiger partial charge on any atom is 0.307 e. The normalized spacial score (nSPS) is 11.3. The lowest BCUT2D eigenvalue weighted by Crippen LogP contribution is -2.44. The first kappa shape index (κ1) is 60.7. The minimum atomic E-state index is -0.282. The van der Waals surface area contributed by atoms with Crippen LogP contribution in [0.25, 0.3) is 0 Å². The van der Waals surface area contributed by atoms with Gasteiger partial charge in [-0.25, -0.2) is 0 Å². The molecule has 0 saturated heterocycles. The predicted molar refractivity (Wildman–Crippen MR) is 249 cm³/mol. The molecule has 64 heavy (non-hydrogen) atoms. The molecule has 0 N–H and O–H groups in total. The predicted octanol–water partition coefficient (Wildman–Crippen LogP) is 6.59. The van der Waals surface area contributed by atoms with E-state index in [0.717, 1.165) is 77.0 Å². The largest absolute Gasteiger partial charge is 0.466 e. The molecule has 0 aliphatic heterocycles. The molecule has 0 aromatic rings. The number of esters is 6. The Morgan fingerprint density at radius 1 is 0.250 bits per heavy atom. The first-order valence-electron chi connectivity index (χ1n) is 24.8. The third-order valence-corrected chi connectivity index (χ3v) is 10.6. The van der Waals surface area contributed by atoms with Crippen molar-refractivity contribution in [1.29, 1.82) is 0 Å². The van der Waals surface area contributed by atoms with Gasteiger partial charge in [0.15, 0.2) is 0 Å². The van der Waals surface area contributed by atoms with Crippen LogP contribution in [0, 0.1) is 0 Å². The molecule has 0 aliphatic rings. The highest BCUT2D eigenvalue weighted by atomic mass is 16.5. The molecule has 0 saturated carbocycles. The number of carbonyl (C=O) groups excluding carboxylic acids is 6. The molecule has 16 heteroatoms. The standard InChI is InChI=1S/C48H90N4O12/c1-7-13-37-59-43(53)19-25-49(26-20-44(54)60-38-14-8-2)31-33-51(29-23-47(57)63-41-17-11-5)35-36-52(30-24-48(58)64-42-18-12-6)34-32-50(27-21-45(55)61-39-15-9-3)28-22-46(56)62-40-16-10-4/h7-42H2,1-6H3. The first-order valence-corrected chi connectivity index (χ1v) is 24.8. The molecular formula is C48H90N4O12. The molecule has 0 aliphatic carbocycles. The maximum absolute atomic E-state index is 12.8. The number of ether oxygens (including phenoxy) is 6. The van der Waals surface area contributed by atoms with Crippen molar-refractivity contribution in [2.45, 2.75) is 157 Å². The van der Waals surface area contributed by atoms with Crippen molar-refractivity contribution >= 4 is 35.8 Å². The van der Waals surface area contributed by atoms with E-state index in [-0.39, 0.29) is 74.3 Å². The summed E-state index contributed by atoms with van der Waals surface area (Å²) < 4.78 is 32.6. The quantitative estimate of drug-likeness (QED) is 0.0364. The van der Waals surface area contributed by atoms with Crippen molar-refractivity contribution in [2.75, 3.05) is 118 Å². The monoisotopic (exact) mass is 915 g/mol. The summed E-state index contributed by atoms with van der Waals surface area (Å²) >= 11 is 0. The Morgan fingerprint density at radius 3 is 0.531 bits per heavy atom. The van der Waals surface area contributed by atoms with E-state index in [1.807, 2.05) is 41.5 Å². The van der Waals surface area contributed by atoms with Crippen molar-refractivity contribution in [3.05, 3.63) is 0 Å². The van der Waals surface area contributed by atoms with Gasteiger partial charge in [0.1, 0.15) is 0 Å². The van der Waals surface area contributed by atoms with Gasteiger partial charge in [0.05, 0.1) is 78.2 Å². The van der Waals surface area contributed by atoms with Crippen LogP contribution in [0.15, 0.2) is 0 Å². The van der Waals surface area contributed by atoms with Crippen LogP contribution in [0.3, 0.4) is 0 Å². The van der Waals surface area contributed by atoms with Crippen LogP contribution < -0.4 is 0 Å². The lowest BCUT2D eigenvalue weighted by atomic mass is 10.2. The smallest absolute Gasteiger partial charge is 0.307 e. The third kappa shape index (κ3) is 38.0. The van der Waals surface area contributed by atoms with Crippen LogP contribution in [0.1, 0.15) is 157 Å². The van der Waals surface area contributed by atoms with Gasteiger partial charge in [0.25, 0.3) is 0 Å². The summed E-state index contributed by atoms with van der Waals surface area (Å²) in [5, 5.41) is 0. The molecule has 0 unspecified atom stereocenters. The Morgan fingerprint density at radius 2 is 0.391 bits per heavy atom. The van der Waals surface area contributed by atoms with Gasteiger partial charge in [-0.05, 0) is 38.5 Å². The Bertz CT molecular complexity index is 1070. The summed E-state index contributed by atoms with van der Waals surface area (Å²) in [4.78, 5) is 84.5. The van der Waals surface area contributed by atoms with Gasteiger partial charge in [-0.2, -0.15) is 0 Å². The van der Waals surface area contributed by atoms with E-state index >= 15 is 0 Å². The molecule has 16 nitrogen and oxygen atoms in total. The fourth-order valence-corrected chi connectivity index (χ4v) is 6.10. The molecule has 0 radical (unpaired) electrons. The van der Waals surface area contributed by atoms with Crippen LogP contribution in [0.2, 0.25) is 0 Å². The van der Waals surface area contributed by atoms with Gasteiger partial charge in [-0.15, -0.1) is 0 Å². The summed E-state index contributed by atoms with van der Waals surface area (Å²) in [5.74, 6) is -1.68. The van der Waals surface area contributed by atoms with E-state index in [2.05, 4.69) is 19.6 Å². The van der Waals surface area contributed by atoms with Crippen molar-refractivity contribution in [3.8, 4) is 0 Å². The van der Waals surface area contributed by atoms with Gasteiger partial charge >= 0.3 is 35.8 Å². The van der Waals surface area contributed by atoms with Crippen LogP contribution in [0.5, 0.6) is 0 Å². The van der Waals surface area contributed by atoms with E-state index < -0.39 is 0 Å². The molecule has 0 bridgehead atoms. The van der Waals surface area contributed by atoms with Crippen molar-refractivity contribution in [3.63, 3.8) is 0 Å². The average molecular weight is 915 g/mol. The van der Waals surface area contributed by atoms with Gasteiger partial charge < -0.3 is 48.0 Å². The molecule has 0 atom stereocenters. The van der Waals surface area contributed by atoms with Gasteiger partial charge in [-0.1, -0.05) is 80.1 Å². The second kappa shape index (κ2) is 43.5. The van der Waals surface area contributed by atoms with Crippen molar-refractivity contribution in [1.82, 2.24) is 19.6 Å². The summed E-state index contributed by atoms with van der Waals surface area (Å²) in [6, 6.07) is 0. The molecule has 0 amide bonds. The molecule has 0 heterocycles. The summed E-state index contributed by atoms with van der Waals surface area (Å²) in [7, 11) is 0. The summed E-state index contributed by atoms with van der Waals surface area (Å²) in [6.07, 6.45) is 11.4. The minimum absolute atomic E-state index is 0.184. The fourth-order valence-electron chi connectivity index (χ4n) is 6.10. The highest BCUT2D eigenvalue weighted by Crippen LogP contribution is 2.07. The van der Waals surface area contributed by atoms with Crippen LogP contribution in [-0.4, -0.2) is 174 Å². The summed E-state index contributed by atoms with van der Waals surface area (Å²) in [5.41, 5.74) is 0. The van der Waals surface area contributed by atoms with Crippen molar-refractivity contribution < 1.29 is 57.2 Å². The Balaban J connectivity index is 6.21. The lowest BCUT2D eigenvalue weighted by Gasteiger charge is -2.31. The topological polar surface area (TPSA) is 171 Å². The van der Waals surface area contributed by atoms with Crippen molar-refractivity contribution in [2.24, 2.45) is 0 Å². The molecule has 0 aromatic carbocycles. The van der Waals surface area contributed by atoms with Gasteiger partial charge in [0.2, 0.25) is 0 Å². The summed E-state index contributed by atoms with van der Waals surface area (Å²) in [6.45, 7) is 20.2. The highest BCUT2D eigenvalue weighted by Gasteiger charge is 2.19. The van der Waals surface area contributed by atoms with Gasteiger partial charge in [-0.3, -0.25) is 28.8 Å². The average Bonchev–Trinajstić information content (AvgIpc) is 3.28. The van der Waals surface area contributed by atoms with E-state index in [1.165, 1.54) is 0 Å². The SMILES string of the molecule is CCCCOC(=O)CCN(CCC(=O)OCCCC)CCN(CCC(=O)OCCCC)CCN(CCC(=O)OCCCC)CCN(CCC(=O)OCCCC)CCC(=O)OCCCC. The van der Waals surface area contributed by atoms with E-state index in [4.69, 9.17) is 28.4 Å². The highest BCUT2D eigenvalue weighted by molar-refractivity contribution is 5.71. The Hall–Kier alpha value is -3.34. The third-order valence-electron chi connectivity index (χ3n) is 10.6. The van der Waals surface area contributed by atoms with Crippen LogP contribution in [0.4, 0.5) is 0 Å². The maximum atomic E-state index is 12.8. The number of carbonyl (C=O) groups is 6. The number of unbranched alkanes of at least 4 members (excludes halogenated alkanes) is 6. The van der Waals surface area contributed by atoms with E-state index in [9.17, 15) is 28.8 Å². The lowest BCUT2D eigenvalue weighted by molar-refractivity contribution is -0.146. The van der Waals surface area contributed by atoms with E-state index in [0.29, 0.717) is 118 Å². The van der Waals surface area contributed by atoms with Gasteiger partial charge in [0, 0.05) is 78.5 Å². The molecule has 0 rings (SSSR count). The fraction of sp³-hybridized carbons (Fsp3) is 0.875. The Labute approximate surface area is 387 Å². The zero-order chi connectivity index (χ0) is 47.5. The molecule has 0 fully saturated rings. The number of nitrogens with zero attached hydrogens (tertiary/aromatic N) is 4. The zero-order valence-electron chi connectivity index (χ0n) is 41.1. The minimum Gasteiger partial charge on any atom is -0.466 e. The molecule has 374 valence electrons. The molecular weight excluding hydrogens is 825 g/mol. The number of hydrogen-bond donors (Lipinski definition) is 0. The number of hydrogen-bond acceptors (Lipinski definition) is 16. The van der Waals surface area contributed by atoms with E-state index in [1.54, 1.807) is 0 Å². The van der Waals surface area contributed by atoms with Crippen LogP contribution in [-0.2, 0) is 57.2 Å². The first-order chi connectivity index (χ1) is 31.0. The Kier molecular flexibility index (Phi) is 41.3. The van der Waals surface area contributed by atoms with Crippen LogP contribution >= 0.6 is 0 Å². The second-order valence-electron chi connectivity index (χ2n) is 16.3. The molecule has 0 aromatic heterocycles.